The molecular weight excluding hydrogens is 214 g/mol. The van der Waals surface area contributed by atoms with Gasteiger partial charge >= 0.3 is 5.97 Å². The van der Waals surface area contributed by atoms with Crippen LogP contribution in [0.1, 0.15) is 36.1 Å². The van der Waals surface area contributed by atoms with E-state index in [4.69, 9.17) is 10.00 Å². The van der Waals surface area contributed by atoms with Crippen LogP contribution in [0.3, 0.4) is 0 Å². The highest BCUT2D eigenvalue weighted by Gasteiger charge is 2.14. The summed E-state index contributed by atoms with van der Waals surface area (Å²) in [5, 5.41) is 9.07. The molecule has 1 aromatic rings. The zero-order valence-corrected chi connectivity index (χ0v) is 10.5. The molecule has 0 saturated carbocycles. The molecule has 1 rings (SSSR count). The van der Waals surface area contributed by atoms with Gasteiger partial charge in [-0.05, 0) is 43.0 Å². The van der Waals surface area contributed by atoms with Crippen molar-refractivity contribution in [2.24, 2.45) is 0 Å². The fraction of sp³-hybridized carbons (Fsp3) is 0.429. The van der Waals surface area contributed by atoms with Crippen molar-refractivity contribution in [1.82, 2.24) is 0 Å². The molecule has 0 aliphatic heterocycles. The molecule has 0 aliphatic rings. The van der Waals surface area contributed by atoms with Crippen LogP contribution in [0, 0.1) is 18.3 Å². The Bertz CT molecular complexity index is 458. The first-order valence-electron chi connectivity index (χ1n) is 5.81. The SMILES string of the molecule is CCOC(=O)Cc1c(C#N)ccc(C)c1CC. The third-order valence-corrected chi connectivity index (χ3v) is 2.77. The van der Waals surface area contributed by atoms with Gasteiger partial charge < -0.3 is 4.74 Å². The molecule has 0 spiro atoms. The van der Waals surface area contributed by atoms with Crippen LogP contribution in [-0.2, 0) is 22.4 Å². The van der Waals surface area contributed by atoms with Crippen molar-refractivity contribution in [3.8, 4) is 6.07 Å². The van der Waals surface area contributed by atoms with Gasteiger partial charge in [0.2, 0.25) is 0 Å². The Kier molecular flexibility index (Phi) is 4.71. The molecule has 0 N–H and O–H groups in total. The molecule has 90 valence electrons. The summed E-state index contributed by atoms with van der Waals surface area (Å²) in [5.41, 5.74) is 3.58. The summed E-state index contributed by atoms with van der Waals surface area (Å²) in [5.74, 6) is -0.274. The Balaban J connectivity index is 3.15. The molecule has 0 aliphatic carbocycles. The van der Waals surface area contributed by atoms with Crippen LogP contribution < -0.4 is 0 Å². The number of hydrogen-bond acceptors (Lipinski definition) is 3. The zero-order chi connectivity index (χ0) is 12.8. The van der Waals surface area contributed by atoms with E-state index in [2.05, 4.69) is 6.07 Å². The van der Waals surface area contributed by atoms with Crippen LogP contribution in [0.5, 0.6) is 0 Å². The Morgan fingerprint density at radius 1 is 1.35 bits per heavy atom. The van der Waals surface area contributed by atoms with Gasteiger partial charge in [-0.3, -0.25) is 4.79 Å². The highest BCUT2D eigenvalue weighted by Crippen LogP contribution is 2.20. The van der Waals surface area contributed by atoms with E-state index in [-0.39, 0.29) is 12.4 Å². The van der Waals surface area contributed by atoms with E-state index in [1.165, 1.54) is 0 Å². The summed E-state index contributed by atoms with van der Waals surface area (Å²) in [7, 11) is 0. The molecular formula is C14H17NO2. The second kappa shape index (κ2) is 6.05. The number of aryl methyl sites for hydroxylation is 1. The van der Waals surface area contributed by atoms with Gasteiger partial charge in [-0.25, -0.2) is 0 Å². The lowest BCUT2D eigenvalue weighted by Gasteiger charge is -2.12. The Hall–Kier alpha value is -1.82. The largest absolute Gasteiger partial charge is 0.466 e. The highest BCUT2D eigenvalue weighted by atomic mass is 16.5. The summed E-state index contributed by atoms with van der Waals surface area (Å²) in [4.78, 5) is 11.5. The number of nitriles is 1. The fourth-order valence-corrected chi connectivity index (χ4v) is 1.97. The van der Waals surface area contributed by atoms with Gasteiger partial charge in [-0.1, -0.05) is 13.0 Å². The van der Waals surface area contributed by atoms with Crippen LogP contribution in [0.4, 0.5) is 0 Å². The molecule has 0 saturated heterocycles. The van der Waals surface area contributed by atoms with Gasteiger partial charge in [0.15, 0.2) is 0 Å². The zero-order valence-electron chi connectivity index (χ0n) is 10.5. The van der Waals surface area contributed by atoms with Gasteiger partial charge in [-0.15, -0.1) is 0 Å². The maximum absolute atomic E-state index is 11.5. The van der Waals surface area contributed by atoms with E-state index in [0.29, 0.717) is 12.2 Å². The predicted octanol–water partition coefficient (Wildman–Crippen LogP) is 2.53. The molecule has 0 unspecified atom stereocenters. The van der Waals surface area contributed by atoms with E-state index >= 15 is 0 Å². The molecule has 0 bridgehead atoms. The maximum Gasteiger partial charge on any atom is 0.310 e. The minimum Gasteiger partial charge on any atom is -0.466 e. The molecule has 0 fully saturated rings. The Morgan fingerprint density at radius 3 is 2.59 bits per heavy atom. The molecule has 0 atom stereocenters. The van der Waals surface area contributed by atoms with Gasteiger partial charge in [0, 0.05) is 0 Å². The third kappa shape index (κ3) is 3.07. The summed E-state index contributed by atoms with van der Waals surface area (Å²) in [6, 6.07) is 5.83. The van der Waals surface area contributed by atoms with E-state index in [1.807, 2.05) is 19.9 Å². The van der Waals surface area contributed by atoms with Crippen molar-refractivity contribution in [1.29, 1.82) is 5.26 Å². The van der Waals surface area contributed by atoms with Crippen LogP contribution in [0.2, 0.25) is 0 Å². The van der Waals surface area contributed by atoms with Crippen molar-refractivity contribution in [2.75, 3.05) is 6.61 Å². The van der Waals surface area contributed by atoms with Crippen LogP contribution in [0.25, 0.3) is 0 Å². The number of rotatable bonds is 4. The molecule has 3 heteroatoms. The minimum atomic E-state index is -0.274. The van der Waals surface area contributed by atoms with E-state index < -0.39 is 0 Å². The Morgan fingerprint density at radius 2 is 2.06 bits per heavy atom. The summed E-state index contributed by atoms with van der Waals surface area (Å²) >= 11 is 0. The fourth-order valence-electron chi connectivity index (χ4n) is 1.97. The lowest BCUT2D eigenvalue weighted by molar-refractivity contribution is -0.142. The normalized spacial score (nSPS) is 9.76. The van der Waals surface area contributed by atoms with Gasteiger partial charge in [0.25, 0.3) is 0 Å². The van der Waals surface area contributed by atoms with Gasteiger partial charge in [0.1, 0.15) is 0 Å². The second-order valence-corrected chi connectivity index (χ2v) is 3.83. The van der Waals surface area contributed by atoms with Crippen molar-refractivity contribution >= 4 is 5.97 Å². The average Bonchev–Trinajstić information content (AvgIpc) is 2.30. The number of benzene rings is 1. The predicted molar refractivity (Wildman–Crippen MR) is 65.6 cm³/mol. The smallest absolute Gasteiger partial charge is 0.310 e. The van der Waals surface area contributed by atoms with Crippen LogP contribution in [-0.4, -0.2) is 12.6 Å². The lowest BCUT2D eigenvalue weighted by Crippen LogP contribution is -2.11. The average molecular weight is 231 g/mol. The molecule has 0 heterocycles. The quantitative estimate of drug-likeness (QED) is 0.748. The number of nitrogens with zero attached hydrogens (tertiary/aromatic N) is 1. The number of ether oxygens (including phenoxy) is 1. The molecule has 0 aromatic heterocycles. The highest BCUT2D eigenvalue weighted by molar-refractivity contribution is 5.74. The maximum atomic E-state index is 11.5. The topological polar surface area (TPSA) is 50.1 Å². The summed E-state index contributed by atoms with van der Waals surface area (Å²) in [6.45, 7) is 6.17. The van der Waals surface area contributed by atoms with Gasteiger partial charge in [-0.2, -0.15) is 5.26 Å². The van der Waals surface area contributed by atoms with Crippen LogP contribution in [0.15, 0.2) is 12.1 Å². The van der Waals surface area contributed by atoms with E-state index in [0.717, 1.165) is 23.1 Å². The molecule has 0 radical (unpaired) electrons. The first-order chi connectivity index (χ1) is 8.13. The van der Waals surface area contributed by atoms with Crippen molar-refractivity contribution in [2.45, 2.75) is 33.6 Å². The molecule has 3 nitrogen and oxygen atoms in total. The van der Waals surface area contributed by atoms with Crippen LogP contribution >= 0.6 is 0 Å². The monoisotopic (exact) mass is 231 g/mol. The Labute approximate surface area is 102 Å². The number of carbonyl (C=O) groups excluding carboxylic acids is 1. The molecule has 17 heavy (non-hydrogen) atoms. The first kappa shape index (κ1) is 13.2. The van der Waals surface area contributed by atoms with Gasteiger partial charge in [0.05, 0.1) is 24.7 Å². The van der Waals surface area contributed by atoms with Crippen molar-refractivity contribution < 1.29 is 9.53 Å². The number of hydrogen-bond donors (Lipinski definition) is 0. The van der Waals surface area contributed by atoms with E-state index in [1.54, 1.807) is 13.0 Å². The summed E-state index contributed by atoms with van der Waals surface area (Å²) in [6.07, 6.45) is 0.998. The van der Waals surface area contributed by atoms with E-state index in [9.17, 15) is 4.79 Å². The van der Waals surface area contributed by atoms with Crippen molar-refractivity contribution in [3.63, 3.8) is 0 Å². The summed E-state index contributed by atoms with van der Waals surface area (Å²) < 4.78 is 4.94. The standard InChI is InChI=1S/C14H17NO2/c1-4-12-10(3)6-7-11(9-15)13(12)8-14(16)17-5-2/h6-7H,4-5,8H2,1-3H3. The second-order valence-electron chi connectivity index (χ2n) is 3.83. The first-order valence-corrected chi connectivity index (χ1v) is 5.81. The molecule has 0 amide bonds. The number of carbonyl (C=O) groups is 1. The lowest BCUT2D eigenvalue weighted by atomic mass is 9.93. The number of esters is 1. The molecule has 1 aromatic carbocycles. The minimum absolute atomic E-state index is 0.182. The van der Waals surface area contributed by atoms with Crippen molar-refractivity contribution in [3.05, 3.63) is 34.4 Å². The third-order valence-electron chi connectivity index (χ3n) is 2.77.